The van der Waals surface area contributed by atoms with E-state index in [1.807, 2.05) is 37.3 Å². The first kappa shape index (κ1) is 14.8. The van der Waals surface area contributed by atoms with Crippen molar-refractivity contribution in [2.45, 2.75) is 44.0 Å². The molecule has 0 amide bonds. The summed E-state index contributed by atoms with van der Waals surface area (Å²) in [5.74, 6) is 0.926. The lowest BCUT2D eigenvalue weighted by atomic mass is 9.88. The van der Waals surface area contributed by atoms with Crippen LogP contribution in [-0.2, 0) is 4.74 Å². The smallest absolute Gasteiger partial charge is 0.125 e. The molecule has 0 aromatic heterocycles. The molecule has 1 spiro atoms. The van der Waals surface area contributed by atoms with Gasteiger partial charge >= 0.3 is 0 Å². The minimum Gasteiger partial charge on any atom is -0.488 e. The monoisotopic (exact) mass is 291 g/mol. The van der Waals surface area contributed by atoms with Crippen molar-refractivity contribution in [1.82, 2.24) is 4.90 Å². The average Bonchev–Trinajstić information content (AvgIpc) is 2.85. The van der Waals surface area contributed by atoms with Crippen LogP contribution in [0.5, 0.6) is 5.75 Å². The van der Waals surface area contributed by atoms with Crippen molar-refractivity contribution in [2.75, 3.05) is 26.2 Å². The summed E-state index contributed by atoms with van der Waals surface area (Å²) in [7, 11) is 0. The summed E-state index contributed by atoms with van der Waals surface area (Å²) >= 11 is 0. The predicted octanol–water partition coefficient (Wildman–Crippen LogP) is 2.07. The number of para-hydroxylation sites is 1. The summed E-state index contributed by atoms with van der Waals surface area (Å²) in [6.45, 7) is 5.30. The van der Waals surface area contributed by atoms with E-state index in [0.29, 0.717) is 6.61 Å². The summed E-state index contributed by atoms with van der Waals surface area (Å²) in [5, 5.41) is 9.47. The molecule has 0 aliphatic carbocycles. The number of β-amino-alcohol motifs (C(OH)–C–C–N with tert-alkyl or cyclic N) is 1. The van der Waals surface area contributed by atoms with Crippen LogP contribution in [0.4, 0.5) is 0 Å². The van der Waals surface area contributed by atoms with Crippen LogP contribution in [0.15, 0.2) is 30.3 Å². The molecule has 2 unspecified atom stereocenters. The summed E-state index contributed by atoms with van der Waals surface area (Å²) in [6, 6.07) is 9.98. The highest BCUT2D eigenvalue weighted by Crippen LogP contribution is 2.37. The van der Waals surface area contributed by atoms with Gasteiger partial charge in [-0.15, -0.1) is 0 Å². The summed E-state index contributed by atoms with van der Waals surface area (Å²) in [6.07, 6.45) is 2.96. The first-order valence-electron chi connectivity index (χ1n) is 7.91. The number of benzene rings is 1. The zero-order valence-corrected chi connectivity index (χ0v) is 12.7. The first-order chi connectivity index (χ1) is 10.2. The number of ether oxygens (including phenoxy) is 2. The molecule has 2 aliphatic heterocycles. The van der Waals surface area contributed by atoms with E-state index in [1.54, 1.807) is 0 Å². The third-order valence-corrected chi connectivity index (χ3v) is 4.51. The van der Waals surface area contributed by atoms with Gasteiger partial charge in [0.05, 0.1) is 18.3 Å². The van der Waals surface area contributed by atoms with Gasteiger partial charge in [-0.05, 0) is 31.9 Å². The van der Waals surface area contributed by atoms with Gasteiger partial charge < -0.3 is 19.5 Å². The fourth-order valence-electron chi connectivity index (χ4n) is 3.43. The Hall–Kier alpha value is -1.10. The van der Waals surface area contributed by atoms with Crippen molar-refractivity contribution in [1.29, 1.82) is 0 Å². The Bertz CT molecular complexity index is 441. The molecule has 2 aliphatic rings. The molecule has 2 fully saturated rings. The van der Waals surface area contributed by atoms with Crippen molar-refractivity contribution in [2.24, 2.45) is 0 Å². The molecule has 1 aromatic rings. The summed E-state index contributed by atoms with van der Waals surface area (Å²) < 4.78 is 12.1. The van der Waals surface area contributed by atoms with E-state index in [2.05, 4.69) is 4.90 Å². The van der Waals surface area contributed by atoms with Gasteiger partial charge in [0.1, 0.15) is 11.9 Å². The normalized spacial score (nSPS) is 26.9. The van der Waals surface area contributed by atoms with Crippen LogP contribution in [-0.4, -0.2) is 54.1 Å². The second-order valence-corrected chi connectivity index (χ2v) is 6.40. The van der Waals surface area contributed by atoms with Crippen molar-refractivity contribution in [3.63, 3.8) is 0 Å². The quantitative estimate of drug-likeness (QED) is 0.922. The SMILES string of the molecule is CC(O)CN1CCC2(CC1)CC(Oc1ccccc1)CO2. The van der Waals surface area contributed by atoms with E-state index < -0.39 is 0 Å². The molecule has 2 atom stereocenters. The lowest BCUT2D eigenvalue weighted by molar-refractivity contribution is -0.0490. The van der Waals surface area contributed by atoms with E-state index in [4.69, 9.17) is 9.47 Å². The Morgan fingerprint density at radius 1 is 1.33 bits per heavy atom. The van der Waals surface area contributed by atoms with E-state index in [1.165, 1.54) is 0 Å². The number of nitrogens with zero attached hydrogens (tertiary/aromatic N) is 1. The molecule has 0 bridgehead atoms. The Morgan fingerprint density at radius 3 is 2.71 bits per heavy atom. The largest absolute Gasteiger partial charge is 0.488 e. The van der Waals surface area contributed by atoms with Gasteiger partial charge in [-0.25, -0.2) is 0 Å². The highest BCUT2D eigenvalue weighted by molar-refractivity contribution is 5.21. The fraction of sp³-hybridized carbons (Fsp3) is 0.647. The van der Waals surface area contributed by atoms with Gasteiger partial charge in [-0.1, -0.05) is 18.2 Å². The maximum absolute atomic E-state index is 9.47. The molecule has 0 saturated carbocycles. The molecular weight excluding hydrogens is 266 g/mol. The van der Waals surface area contributed by atoms with Crippen LogP contribution in [0.2, 0.25) is 0 Å². The molecule has 4 heteroatoms. The molecule has 0 radical (unpaired) electrons. The van der Waals surface area contributed by atoms with Gasteiger partial charge in [-0.2, -0.15) is 0 Å². The molecule has 1 N–H and O–H groups in total. The minimum absolute atomic E-state index is 0.00532. The Kier molecular flexibility index (Phi) is 4.48. The van der Waals surface area contributed by atoms with E-state index in [0.717, 1.165) is 44.6 Å². The highest BCUT2D eigenvalue weighted by Gasteiger charge is 2.43. The molecule has 3 rings (SSSR count). The van der Waals surface area contributed by atoms with Crippen molar-refractivity contribution >= 4 is 0 Å². The molecule has 2 heterocycles. The van der Waals surface area contributed by atoms with Crippen molar-refractivity contribution < 1.29 is 14.6 Å². The van der Waals surface area contributed by atoms with Crippen LogP contribution >= 0.6 is 0 Å². The number of rotatable bonds is 4. The van der Waals surface area contributed by atoms with Crippen LogP contribution in [0.1, 0.15) is 26.2 Å². The second kappa shape index (κ2) is 6.34. The third kappa shape index (κ3) is 3.76. The number of piperidine rings is 1. The van der Waals surface area contributed by atoms with Crippen LogP contribution in [0.3, 0.4) is 0 Å². The molecule has 1 aromatic carbocycles. The summed E-state index contributed by atoms with van der Waals surface area (Å²) in [4.78, 5) is 2.32. The molecule has 21 heavy (non-hydrogen) atoms. The number of aliphatic hydroxyl groups is 1. The Balaban J connectivity index is 1.50. The van der Waals surface area contributed by atoms with Crippen LogP contribution < -0.4 is 4.74 Å². The van der Waals surface area contributed by atoms with E-state index in [-0.39, 0.29) is 17.8 Å². The number of hydrogen-bond acceptors (Lipinski definition) is 4. The number of aliphatic hydroxyl groups excluding tert-OH is 1. The predicted molar refractivity (Wildman–Crippen MR) is 81.5 cm³/mol. The zero-order valence-electron chi connectivity index (χ0n) is 12.7. The molecular formula is C17H25NO3. The third-order valence-electron chi connectivity index (χ3n) is 4.51. The van der Waals surface area contributed by atoms with Gasteiger partial charge in [0.2, 0.25) is 0 Å². The highest BCUT2D eigenvalue weighted by atomic mass is 16.6. The maximum Gasteiger partial charge on any atom is 0.125 e. The van der Waals surface area contributed by atoms with Gasteiger partial charge in [0.25, 0.3) is 0 Å². The zero-order chi connectivity index (χ0) is 14.7. The minimum atomic E-state index is -0.252. The molecule has 4 nitrogen and oxygen atoms in total. The lowest BCUT2D eigenvalue weighted by Gasteiger charge is -2.38. The van der Waals surface area contributed by atoms with Gasteiger partial charge in [0.15, 0.2) is 0 Å². The molecule has 116 valence electrons. The molecule has 2 saturated heterocycles. The van der Waals surface area contributed by atoms with E-state index in [9.17, 15) is 5.11 Å². The number of hydrogen-bond donors (Lipinski definition) is 1. The Labute approximate surface area is 126 Å². The topological polar surface area (TPSA) is 41.9 Å². The first-order valence-corrected chi connectivity index (χ1v) is 7.91. The lowest BCUT2D eigenvalue weighted by Crippen LogP contribution is -2.46. The Morgan fingerprint density at radius 2 is 2.05 bits per heavy atom. The van der Waals surface area contributed by atoms with Gasteiger partial charge in [0, 0.05) is 26.1 Å². The number of likely N-dealkylation sites (tertiary alicyclic amines) is 1. The maximum atomic E-state index is 9.47. The fourth-order valence-corrected chi connectivity index (χ4v) is 3.43. The van der Waals surface area contributed by atoms with Gasteiger partial charge in [-0.3, -0.25) is 0 Å². The second-order valence-electron chi connectivity index (χ2n) is 6.40. The van der Waals surface area contributed by atoms with E-state index >= 15 is 0 Å². The standard InChI is InChI=1S/C17H25NO3/c1-14(19)12-18-9-7-17(8-10-18)11-16(13-20-17)21-15-5-3-2-4-6-15/h2-6,14,16,19H,7-13H2,1H3. The van der Waals surface area contributed by atoms with Crippen molar-refractivity contribution in [3.05, 3.63) is 30.3 Å². The van der Waals surface area contributed by atoms with Crippen LogP contribution in [0.25, 0.3) is 0 Å². The van der Waals surface area contributed by atoms with Crippen molar-refractivity contribution in [3.8, 4) is 5.75 Å². The van der Waals surface area contributed by atoms with Crippen LogP contribution in [0, 0.1) is 0 Å². The average molecular weight is 291 g/mol. The summed E-state index contributed by atoms with van der Waals surface area (Å²) in [5.41, 5.74) is -0.00532.